The molecular weight excluding hydrogens is 266 g/mol. The van der Waals surface area contributed by atoms with Crippen LogP contribution in [0.3, 0.4) is 0 Å². The average Bonchev–Trinajstić information content (AvgIpc) is 2.29. The average molecular weight is 280 g/mol. The minimum atomic E-state index is 0.414. The summed E-state index contributed by atoms with van der Waals surface area (Å²) in [6.45, 7) is 2.14. The molecule has 1 aromatic heterocycles. The van der Waals surface area contributed by atoms with Crippen molar-refractivity contribution >= 4 is 26.8 Å². The van der Waals surface area contributed by atoms with E-state index in [1.54, 1.807) is 6.33 Å². The maximum absolute atomic E-state index is 4.36. The van der Waals surface area contributed by atoms with Crippen molar-refractivity contribution in [3.8, 4) is 0 Å². The Kier molecular flexibility index (Phi) is 3.51. The summed E-state index contributed by atoms with van der Waals surface area (Å²) in [6, 6.07) is 6.50. The summed E-state index contributed by atoms with van der Waals surface area (Å²) in [5.74, 6) is 0. The molecule has 2 rings (SSSR count). The molecule has 0 radical (unpaired) electrons. The summed E-state index contributed by atoms with van der Waals surface area (Å²) in [4.78, 5) is 8.63. The van der Waals surface area contributed by atoms with Gasteiger partial charge in [-0.1, -0.05) is 15.9 Å². The van der Waals surface area contributed by atoms with E-state index in [0.717, 1.165) is 27.5 Å². The van der Waals surface area contributed by atoms with Gasteiger partial charge >= 0.3 is 0 Å². The molecule has 1 heterocycles. The van der Waals surface area contributed by atoms with Crippen molar-refractivity contribution in [1.29, 1.82) is 0 Å². The third-order valence-electron chi connectivity index (χ3n) is 2.67. The number of benzene rings is 1. The first-order chi connectivity index (χ1) is 7.70. The molecule has 0 aliphatic carbocycles. The van der Waals surface area contributed by atoms with Crippen LogP contribution >= 0.6 is 15.9 Å². The summed E-state index contributed by atoms with van der Waals surface area (Å²) < 4.78 is 1.06. The van der Waals surface area contributed by atoms with Crippen LogP contribution in [0.2, 0.25) is 0 Å². The van der Waals surface area contributed by atoms with Crippen LogP contribution in [-0.2, 0) is 6.42 Å². The molecule has 0 fully saturated rings. The molecule has 0 aliphatic heterocycles. The van der Waals surface area contributed by atoms with Gasteiger partial charge in [-0.15, -0.1) is 0 Å². The normalized spacial score (nSPS) is 12.9. The molecule has 1 aromatic carbocycles. The van der Waals surface area contributed by atoms with Gasteiger partial charge in [-0.05, 0) is 32.2 Å². The minimum Gasteiger partial charge on any atom is -0.317 e. The molecule has 0 bridgehead atoms. The zero-order valence-electron chi connectivity index (χ0n) is 9.37. The highest BCUT2D eigenvalue weighted by Gasteiger charge is 2.07. The van der Waals surface area contributed by atoms with E-state index >= 15 is 0 Å². The van der Waals surface area contributed by atoms with Crippen molar-refractivity contribution in [2.45, 2.75) is 19.4 Å². The van der Waals surface area contributed by atoms with Crippen molar-refractivity contribution in [2.24, 2.45) is 0 Å². The second kappa shape index (κ2) is 4.89. The molecule has 4 heteroatoms. The van der Waals surface area contributed by atoms with E-state index in [2.05, 4.69) is 44.2 Å². The van der Waals surface area contributed by atoms with Gasteiger partial charge in [0.1, 0.15) is 6.33 Å². The fraction of sp³-hybridized carbons (Fsp3) is 0.333. The largest absolute Gasteiger partial charge is 0.317 e. The lowest BCUT2D eigenvalue weighted by atomic mass is 10.1. The van der Waals surface area contributed by atoms with Gasteiger partial charge in [-0.2, -0.15) is 0 Å². The molecule has 16 heavy (non-hydrogen) atoms. The lowest BCUT2D eigenvalue weighted by Crippen LogP contribution is -2.24. The molecule has 1 unspecified atom stereocenters. The molecule has 2 aromatic rings. The van der Waals surface area contributed by atoms with Gasteiger partial charge in [0.15, 0.2) is 0 Å². The quantitative estimate of drug-likeness (QED) is 0.939. The fourth-order valence-corrected chi connectivity index (χ4v) is 2.00. The summed E-state index contributed by atoms with van der Waals surface area (Å²) >= 11 is 3.48. The number of aromatic nitrogens is 2. The Morgan fingerprint density at radius 2 is 2.19 bits per heavy atom. The molecule has 0 aliphatic rings. The summed E-state index contributed by atoms with van der Waals surface area (Å²) in [5, 5.41) is 4.34. The fourth-order valence-electron chi connectivity index (χ4n) is 1.64. The Labute approximate surface area is 103 Å². The zero-order valence-corrected chi connectivity index (χ0v) is 11.0. The van der Waals surface area contributed by atoms with Crippen molar-refractivity contribution < 1.29 is 0 Å². The van der Waals surface area contributed by atoms with Crippen LogP contribution in [0.5, 0.6) is 0 Å². The van der Waals surface area contributed by atoms with E-state index in [1.807, 2.05) is 19.2 Å². The number of hydrogen-bond donors (Lipinski definition) is 1. The maximum atomic E-state index is 4.36. The number of fused-ring (bicyclic) bond motifs is 1. The number of likely N-dealkylation sites (N-methyl/N-ethyl adjacent to an activating group) is 1. The molecule has 3 nitrogen and oxygen atoms in total. The Bertz CT molecular complexity index is 499. The van der Waals surface area contributed by atoms with Crippen molar-refractivity contribution in [3.63, 3.8) is 0 Å². The van der Waals surface area contributed by atoms with Crippen LogP contribution in [-0.4, -0.2) is 23.1 Å². The monoisotopic (exact) mass is 279 g/mol. The highest BCUT2D eigenvalue weighted by molar-refractivity contribution is 9.10. The number of rotatable bonds is 3. The SMILES string of the molecule is CNC(C)Cc1ncnc2ccc(Br)cc12. The molecular formula is C12H14BrN3. The van der Waals surface area contributed by atoms with Gasteiger partial charge in [0.25, 0.3) is 0 Å². The van der Waals surface area contributed by atoms with E-state index < -0.39 is 0 Å². The molecule has 0 amide bonds. The third-order valence-corrected chi connectivity index (χ3v) is 3.17. The van der Waals surface area contributed by atoms with Gasteiger partial charge in [0.05, 0.1) is 11.2 Å². The van der Waals surface area contributed by atoms with Gasteiger partial charge < -0.3 is 5.32 Å². The van der Waals surface area contributed by atoms with Crippen LogP contribution < -0.4 is 5.32 Å². The zero-order chi connectivity index (χ0) is 11.5. The number of nitrogens with one attached hydrogen (secondary N) is 1. The molecule has 0 saturated carbocycles. The Hall–Kier alpha value is -1.000. The number of nitrogens with zero attached hydrogens (tertiary/aromatic N) is 2. The van der Waals surface area contributed by atoms with Gasteiger partial charge in [-0.3, -0.25) is 0 Å². The Morgan fingerprint density at radius 3 is 2.94 bits per heavy atom. The smallest absolute Gasteiger partial charge is 0.116 e. The van der Waals surface area contributed by atoms with Gasteiger partial charge in [0.2, 0.25) is 0 Å². The van der Waals surface area contributed by atoms with Gasteiger partial charge in [0, 0.05) is 22.3 Å². The number of hydrogen-bond acceptors (Lipinski definition) is 3. The first kappa shape index (κ1) is 11.5. The van der Waals surface area contributed by atoms with Crippen molar-refractivity contribution in [1.82, 2.24) is 15.3 Å². The number of halogens is 1. The predicted octanol–water partition coefficient (Wildman–Crippen LogP) is 2.54. The second-order valence-corrected chi connectivity index (χ2v) is 4.79. The van der Waals surface area contributed by atoms with Crippen LogP contribution in [0.15, 0.2) is 29.0 Å². The summed E-state index contributed by atoms with van der Waals surface area (Å²) in [5.41, 5.74) is 2.09. The summed E-state index contributed by atoms with van der Waals surface area (Å²) in [7, 11) is 1.96. The van der Waals surface area contributed by atoms with E-state index in [-0.39, 0.29) is 0 Å². The predicted molar refractivity (Wildman–Crippen MR) is 69.5 cm³/mol. The summed E-state index contributed by atoms with van der Waals surface area (Å²) in [6.07, 6.45) is 2.54. The third kappa shape index (κ3) is 2.39. The van der Waals surface area contributed by atoms with Crippen molar-refractivity contribution in [3.05, 3.63) is 34.7 Å². The second-order valence-electron chi connectivity index (χ2n) is 3.88. The Morgan fingerprint density at radius 1 is 1.38 bits per heavy atom. The highest BCUT2D eigenvalue weighted by atomic mass is 79.9. The lowest BCUT2D eigenvalue weighted by Gasteiger charge is -2.11. The highest BCUT2D eigenvalue weighted by Crippen LogP contribution is 2.20. The van der Waals surface area contributed by atoms with E-state index in [1.165, 1.54) is 0 Å². The van der Waals surface area contributed by atoms with E-state index in [4.69, 9.17) is 0 Å². The first-order valence-corrected chi connectivity index (χ1v) is 6.06. The van der Waals surface area contributed by atoms with E-state index in [9.17, 15) is 0 Å². The molecule has 1 atom stereocenters. The standard InChI is InChI=1S/C12H14BrN3/c1-8(14-2)5-12-10-6-9(13)3-4-11(10)15-7-16-12/h3-4,6-8,14H,5H2,1-2H3. The maximum Gasteiger partial charge on any atom is 0.116 e. The Balaban J connectivity index is 2.47. The van der Waals surface area contributed by atoms with Gasteiger partial charge in [-0.25, -0.2) is 9.97 Å². The topological polar surface area (TPSA) is 37.8 Å². The lowest BCUT2D eigenvalue weighted by molar-refractivity contribution is 0.602. The molecule has 84 valence electrons. The van der Waals surface area contributed by atoms with Crippen LogP contribution in [0.4, 0.5) is 0 Å². The first-order valence-electron chi connectivity index (χ1n) is 5.27. The molecule has 0 saturated heterocycles. The molecule has 0 spiro atoms. The van der Waals surface area contributed by atoms with Crippen molar-refractivity contribution in [2.75, 3.05) is 7.05 Å². The van der Waals surface area contributed by atoms with Crippen LogP contribution in [0, 0.1) is 0 Å². The molecule has 1 N–H and O–H groups in total. The van der Waals surface area contributed by atoms with Crippen LogP contribution in [0.25, 0.3) is 10.9 Å². The van der Waals surface area contributed by atoms with Crippen LogP contribution in [0.1, 0.15) is 12.6 Å². The minimum absolute atomic E-state index is 0.414. The van der Waals surface area contributed by atoms with E-state index in [0.29, 0.717) is 6.04 Å².